The SMILES string of the molecule is COCCNC(=O)c1ccccc1NC(=O)c1cccc(NS(=O)(=O)c2ccccc2)c1C. The predicted molar refractivity (Wildman–Crippen MR) is 127 cm³/mol. The third-order valence-electron chi connectivity index (χ3n) is 4.89. The van der Waals surface area contributed by atoms with Crippen molar-refractivity contribution >= 4 is 33.2 Å². The van der Waals surface area contributed by atoms with Crippen LogP contribution in [0.3, 0.4) is 0 Å². The van der Waals surface area contributed by atoms with Gasteiger partial charge in [0.15, 0.2) is 0 Å². The first-order valence-electron chi connectivity index (χ1n) is 10.2. The number of benzene rings is 3. The Bertz CT molecular complexity index is 1240. The summed E-state index contributed by atoms with van der Waals surface area (Å²) >= 11 is 0. The van der Waals surface area contributed by atoms with Crippen molar-refractivity contribution in [1.82, 2.24) is 5.32 Å². The smallest absolute Gasteiger partial charge is 0.261 e. The molecule has 0 aliphatic heterocycles. The molecule has 9 heteroatoms. The second kappa shape index (κ2) is 10.8. The van der Waals surface area contributed by atoms with Crippen LogP contribution in [0.4, 0.5) is 11.4 Å². The summed E-state index contributed by atoms with van der Waals surface area (Å²) in [6, 6.07) is 19.4. The molecule has 33 heavy (non-hydrogen) atoms. The third-order valence-corrected chi connectivity index (χ3v) is 6.27. The molecule has 3 aromatic rings. The number of carbonyl (C=O) groups is 2. The Balaban J connectivity index is 1.82. The van der Waals surface area contributed by atoms with Crippen LogP contribution in [0.2, 0.25) is 0 Å². The van der Waals surface area contributed by atoms with Crippen LogP contribution in [0.25, 0.3) is 0 Å². The van der Waals surface area contributed by atoms with Gasteiger partial charge in [0, 0.05) is 19.2 Å². The van der Waals surface area contributed by atoms with Crippen molar-refractivity contribution in [2.24, 2.45) is 0 Å². The van der Waals surface area contributed by atoms with E-state index >= 15 is 0 Å². The largest absolute Gasteiger partial charge is 0.383 e. The van der Waals surface area contributed by atoms with Gasteiger partial charge in [0.1, 0.15) is 0 Å². The molecule has 0 unspecified atom stereocenters. The topological polar surface area (TPSA) is 114 Å². The zero-order valence-corrected chi connectivity index (χ0v) is 19.1. The summed E-state index contributed by atoms with van der Waals surface area (Å²) in [7, 11) is -2.27. The molecular formula is C24H25N3O5S. The standard InChI is InChI=1S/C24H25N3O5S/c1-17-19(12-8-14-21(17)27-33(30,31)18-9-4-3-5-10-18)24(29)26-22-13-7-6-11-20(22)23(28)25-15-16-32-2/h3-14,27H,15-16H2,1-2H3,(H,25,28)(H,26,29). The summed E-state index contributed by atoms with van der Waals surface area (Å²) in [5.74, 6) is -0.811. The van der Waals surface area contributed by atoms with Crippen molar-refractivity contribution in [3.63, 3.8) is 0 Å². The lowest BCUT2D eigenvalue weighted by Crippen LogP contribution is -2.28. The summed E-state index contributed by atoms with van der Waals surface area (Å²) in [6.45, 7) is 2.35. The summed E-state index contributed by atoms with van der Waals surface area (Å²) in [6.07, 6.45) is 0. The van der Waals surface area contributed by atoms with Gasteiger partial charge in [-0.1, -0.05) is 36.4 Å². The van der Waals surface area contributed by atoms with Crippen molar-refractivity contribution in [3.8, 4) is 0 Å². The van der Waals surface area contributed by atoms with Gasteiger partial charge in [-0.15, -0.1) is 0 Å². The number of anilines is 2. The summed E-state index contributed by atoms with van der Waals surface area (Å²) in [5, 5.41) is 5.48. The van der Waals surface area contributed by atoms with Crippen LogP contribution in [0.15, 0.2) is 77.7 Å². The molecule has 0 saturated carbocycles. The Morgan fingerprint density at radius 3 is 2.18 bits per heavy atom. The minimum absolute atomic E-state index is 0.118. The van der Waals surface area contributed by atoms with Crippen LogP contribution in [0.5, 0.6) is 0 Å². The molecule has 0 radical (unpaired) electrons. The second-order valence-electron chi connectivity index (χ2n) is 7.15. The molecule has 0 aliphatic carbocycles. The highest BCUT2D eigenvalue weighted by Gasteiger charge is 2.19. The van der Waals surface area contributed by atoms with E-state index in [-0.39, 0.29) is 22.1 Å². The molecule has 2 amide bonds. The maximum atomic E-state index is 13.0. The highest BCUT2D eigenvalue weighted by atomic mass is 32.2. The van der Waals surface area contributed by atoms with Crippen molar-refractivity contribution in [3.05, 3.63) is 89.5 Å². The van der Waals surface area contributed by atoms with E-state index < -0.39 is 15.9 Å². The lowest BCUT2D eigenvalue weighted by Gasteiger charge is -2.15. The summed E-state index contributed by atoms with van der Waals surface area (Å²) < 4.78 is 32.8. The quantitative estimate of drug-likeness (QED) is 0.417. The number of ether oxygens (including phenoxy) is 1. The Hall–Kier alpha value is -3.69. The Labute approximate surface area is 193 Å². The Morgan fingerprint density at radius 2 is 1.45 bits per heavy atom. The first-order valence-corrected chi connectivity index (χ1v) is 11.7. The summed E-state index contributed by atoms with van der Waals surface area (Å²) in [4.78, 5) is 25.6. The molecule has 3 aromatic carbocycles. The number of nitrogens with one attached hydrogen (secondary N) is 3. The Morgan fingerprint density at radius 1 is 0.818 bits per heavy atom. The molecule has 0 spiro atoms. The number of hydrogen-bond acceptors (Lipinski definition) is 5. The van der Waals surface area contributed by atoms with Crippen molar-refractivity contribution in [2.75, 3.05) is 30.3 Å². The van der Waals surface area contributed by atoms with Crippen LogP contribution >= 0.6 is 0 Å². The van der Waals surface area contributed by atoms with Crippen molar-refractivity contribution in [2.45, 2.75) is 11.8 Å². The third kappa shape index (κ3) is 5.97. The van der Waals surface area contributed by atoms with Gasteiger partial charge in [-0.05, 0) is 48.9 Å². The molecular weight excluding hydrogens is 442 g/mol. The first-order chi connectivity index (χ1) is 15.8. The normalized spacial score (nSPS) is 11.0. The average Bonchev–Trinajstić information content (AvgIpc) is 2.81. The monoisotopic (exact) mass is 467 g/mol. The Kier molecular flexibility index (Phi) is 7.81. The van der Waals surface area contributed by atoms with Gasteiger partial charge in [0.25, 0.3) is 21.8 Å². The van der Waals surface area contributed by atoms with E-state index in [0.717, 1.165) is 0 Å². The lowest BCUT2D eigenvalue weighted by molar-refractivity contribution is 0.0938. The lowest BCUT2D eigenvalue weighted by atomic mass is 10.1. The number of para-hydroxylation sites is 1. The van der Waals surface area contributed by atoms with Crippen molar-refractivity contribution in [1.29, 1.82) is 0 Å². The number of methoxy groups -OCH3 is 1. The zero-order valence-electron chi connectivity index (χ0n) is 18.3. The van der Waals surface area contributed by atoms with E-state index in [2.05, 4.69) is 15.4 Å². The fraction of sp³-hybridized carbons (Fsp3) is 0.167. The number of amides is 2. The van der Waals surface area contributed by atoms with E-state index in [1.165, 1.54) is 19.2 Å². The van der Waals surface area contributed by atoms with Crippen LogP contribution < -0.4 is 15.4 Å². The molecule has 172 valence electrons. The fourth-order valence-electron chi connectivity index (χ4n) is 3.14. The maximum absolute atomic E-state index is 13.0. The predicted octanol–water partition coefficient (Wildman–Crippen LogP) is 3.42. The van der Waals surface area contributed by atoms with Gasteiger partial charge in [0.05, 0.1) is 28.4 Å². The molecule has 0 fully saturated rings. The molecule has 0 bridgehead atoms. The van der Waals surface area contributed by atoms with E-state index in [9.17, 15) is 18.0 Å². The number of hydrogen-bond donors (Lipinski definition) is 3. The van der Waals surface area contributed by atoms with Gasteiger partial charge >= 0.3 is 0 Å². The van der Waals surface area contributed by atoms with E-state index in [1.807, 2.05) is 0 Å². The maximum Gasteiger partial charge on any atom is 0.261 e. The first kappa shape index (κ1) is 24.0. The average molecular weight is 468 g/mol. The van der Waals surface area contributed by atoms with Gasteiger partial charge < -0.3 is 15.4 Å². The molecule has 0 saturated heterocycles. The highest BCUT2D eigenvalue weighted by molar-refractivity contribution is 7.92. The molecule has 3 rings (SSSR count). The molecule has 0 atom stereocenters. The molecule has 0 aliphatic rings. The minimum atomic E-state index is -3.81. The molecule has 0 aromatic heterocycles. The van der Waals surface area contributed by atoms with Gasteiger partial charge in [-0.3, -0.25) is 14.3 Å². The van der Waals surface area contributed by atoms with Crippen LogP contribution in [-0.4, -0.2) is 40.5 Å². The van der Waals surface area contributed by atoms with Gasteiger partial charge in [-0.2, -0.15) is 0 Å². The van der Waals surface area contributed by atoms with Gasteiger partial charge in [0.2, 0.25) is 0 Å². The summed E-state index contributed by atoms with van der Waals surface area (Å²) in [5.41, 5.74) is 1.67. The van der Waals surface area contributed by atoms with Crippen LogP contribution in [0.1, 0.15) is 26.3 Å². The van der Waals surface area contributed by atoms with Crippen LogP contribution in [-0.2, 0) is 14.8 Å². The number of sulfonamides is 1. The fourth-order valence-corrected chi connectivity index (χ4v) is 4.28. The molecule has 0 heterocycles. The zero-order chi connectivity index (χ0) is 23.8. The number of rotatable bonds is 9. The van der Waals surface area contributed by atoms with Gasteiger partial charge in [-0.25, -0.2) is 8.42 Å². The minimum Gasteiger partial charge on any atom is -0.383 e. The van der Waals surface area contributed by atoms with Crippen molar-refractivity contribution < 1.29 is 22.7 Å². The van der Waals surface area contributed by atoms with E-state index in [1.54, 1.807) is 67.6 Å². The van der Waals surface area contributed by atoms with E-state index in [0.29, 0.717) is 30.0 Å². The van der Waals surface area contributed by atoms with Crippen LogP contribution in [0, 0.1) is 6.92 Å². The van der Waals surface area contributed by atoms with E-state index in [4.69, 9.17) is 4.74 Å². The number of carbonyl (C=O) groups excluding carboxylic acids is 2. The molecule has 8 nitrogen and oxygen atoms in total. The molecule has 3 N–H and O–H groups in total. The second-order valence-corrected chi connectivity index (χ2v) is 8.83. The highest BCUT2D eigenvalue weighted by Crippen LogP contribution is 2.24.